The Bertz CT molecular complexity index is 207. The molecule has 0 spiro atoms. The summed E-state index contributed by atoms with van der Waals surface area (Å²) in [5.74, 6) is 1.95. The maximum atomic E-state index is 12.0. The molecule has 0 saturated carbocycles. The van der Waals surface area contributed by atoms with Crippen LogP contribution in [0, 0.1) is 5.41 Å². The predicted octanol–water partition coefficient (Wildman–Crippen LogP) is 1.79. The molecule has 0 aromatic carbocycles. The average molecular weight is 244 g/mol. The predicted molar refractivity (Wildman–Crippen MR) is 72.6 cm³/mol. The Kier molecular flexibility index (Phi) is 8.39. The number of carbonyl (C=O) groups is 1. The maximum absolute atomic E-state index is 12.0. The lowest BCUT2D eigenvalue weighted by Crippen LogP contribution is -2.45. The van der Waals surface area contributed by atoms with E-state index in [1.54, 1.807) is 11.8 Å². The minimum Gasteiger partial charge on any atom is -0.355 e. The summed E-state index contributed by atoms with van der Waals surface area (Å²) >= 11 is 1.76. The molecule has 0 aliphatic carbocycles. The number of hydrogen-bond donors (Lipinski definition) is 2. The van der Waals surface area contributed by atoms with E-state index in [2.05, 4.69) is 11.9 Å². The molecule has 4 heteroatoms. The van der Waals surface area contributed by atoms with Crippen molar-refractivity contribution in [1.29, 1.82) is 0 Å². The van der Waals surface area contributed by atoms with Gasteiger partial charge in [0.2, 0.25) is 5.91 Å². The summed E-state index contributed by atoms with van der Waals surface area (Å²) < 4.78 is 0. The highest BCUT2D eigenvalue weighted by molar-refractivity contribution is 7.99. The fraction of sp³-hybridized carbons (Fsp3) is 0.750. The van der Waals surface area contributed by atoms with Crippen LogP contribution >= 0.6 is 11.8 Å². The highest BCUT2D eigenvalue weighted by atomic mass is 32.2. The van der Waals surface area contributed by atoms with Crippen molar-refractivity contribution in [2.75, 3.05) is 24.6 Å². The molecular weight excluding hydrogens is 220 g/mol. The van der Waals surface area contributed by atoms with E-state index in [0.717, 1.165) is 24.3 Å². The Balaban J connectivity index is 3.97. The molecule has 0 bridgehead atoms. The van der Waals surface area contributed by atoms with E-state index >= 15 is 0 Å². The Labute approximate surface area is 103 Å². The zero-order valence-corrected chi connectivity index (χ0v) is 11.2. The van der Waals surface area contributed by atoms with Gasteiger partial charge in [-0.1, -0.05) is 19.9 Å². The fourth-order valence-corrected chi connectivity index (χ4v) is 2.12. The Morgan fingerprint density at radius 2 is 2.12 bits per heavy atom. The summed E-state index contributed by atoms with van der Waals surface area (Å²) in [6.45, 7) is 8.81. The van der Waals surface area contributed by atoms with Gasteiger partial charge in [0.15, 0.2) is 0 Å². The van der Waals surface area contributed by atoms with Gasteiger partial charge in [0.25, 0.3) is 0 Å². The van der Waals surface area contributed by atoms with E-state index < -0.39 is 0 Å². The third kappa shape index (κ3) is 4.58. The van der Waals surface area contributed by atoms with Gasteiger partial charge in [0.05, 0.1) is 5.41 Å². The third-order valence-corrected chi connectivity index (χ3v) is 3.96. The highest BCUT2D eigenvalue weighted by Crippen LogP contribution is 2.24. The molecule has 16 heavy (non-hydrogen) atoms. The topological polar surface area (TPSA) is 55.1 Å². The molecule has 0 aromatic heterocycles. The van der Waals surface area contributed by atoms with Crippen LogP contribution < -0.4 is 11.1 Å². The third-order valence-electron chi connectivity index (χ3n) is 2.99. The summed E-state index contributed by atoms with van der Waals surface area (Å²) in [6, 6.07) is 0. The van der Waals surface area contributed by atoms with E-state index in [-0.39, 0.29) is 11.3 Å². The molecule has 94 valence electrons. The molecule has 0 heterocycles. The van der Waals surface area contributed by atoms with Crippen LogP contribution in [-0.4, -0.2) is 30.5 Å². The van der Waals surface area contributed by atoms with Gasteiger partial charge in [0.1, 0.15) is 0 Å². The standard InChI is InChI=1S/C12H24N2OS/c1-4-8-16-9-7-14-11(15)12(5-2,6-3)10-13/h4H,1,5-10,13H2,2-3H3,(H,14,15). The normalized spacial score (nSPS) is 11.2. The van der Waals surface area contributed by atoms with Crippen LogP contribution in [0.3, 0.4) is 0 Å². The summed E-state index contributed by atoms with van der Waals surface area (Å²) in [5, 5.41) is 2.96. The second-order valence-electron chi connectivity index (χ2n) is 3.81. The molecule has 0 aliphatic heterocycles. The van der Waals surface area contributed by atoms with Gasteiger partial charge < -0.3 is 11.1 Å². The van der Waals surface area contributed by atoms with E-state index in [1.807, 2.05) is 19.9 Å². The average Bonchev–Trinajstić information content (AvgIpc) is 2.32. The first-order chi connectivity index (χ1) is 7.66. The summed E-state index contributed by atoms with van der Waals surface area (Å²) in [5.41, 5.74) is 5.33. The largest absolute Gasteiger partial charge is 0.355 e. The van der Waals surface area contributed by atoms with Crippen molar-refractivity contribution >= 4 is 17.7 Å². The van der Waals surface area contributed by atoms with Gasteiger partial charge in [-0.2, -0.15) is 11.8 Å². The van der Waals surface area contributed by atoms with E-state index in [4.69, 9.17) is 5.73 Å². The van der Waals surface area contributed by atoms with Crippen molar-refractivity contribution in [3.05, 3.63) is 12.7 Å². The smallest absolute Gasteiger partial charge is 0.227 e. The van der Waals surface area contributed by atoms with Crippen molar-refractivity contribution in [2.24, 2.45) is 11.1 Å². The van der Waals surface area contributed by atoms with Crippen molar-refractivity contribution < 1.29 is 4.79 Å². The van der Waals surface area contributed by atoms with Gasteiger partial charge in [-0.05, 0) is 12.8 Å². The van der Waals surface area contributed by atoms with E-state index in [1.165, 1.54) is 0 Å². The monoisotopic (exact) mass is 244 g/mol. The van der Waals surface area contributed by atoms with Crippen molar-refractivity contribution in [3.8, 4) is 0 Å². The van der Waals surface area contributed by atoms with Crippen LogP contribution in [0.1, 0.15) is 26.7 Å². The van der Waals surface area contributed by atoms with E-state index in [9.17, 15) is 4.79 Å². The molecule has 1 amide bonds. The lowest BCUT2D eigenvalue weighted by molar-refractivity contribution is -0.130. The zero-order chi connectivity index (χ0) is 12.4. The second-order valence-corrected chi connectivity index (χ2v) is 4.96. The number of rotatable bonds is 9. The molecule has 0 atom stereocenters. The Morgan fingerprint density at radius 1 is 1.50 bits per heavy atom. The highest BCUT2D eigenvalue weighted by Gasteiger charge is 2.32. The molecule has 0 radical (unpaired) electrons. The van der Waals surface area contributed by atoms with Crippen LogP contribution in [0.2, 0.25) is 0 Å². The van der Waals surface area contributed by atoms with Crippen LogP contribution in [-0.2, 0) is 4.79 Å². The molecule has 0 unspecified atom stereocenters. The molecule has 3 nitrogen and oxygen atoms in total. The van der Waals surface area contributed by atoms with Crippen LogP contribution in [0.5, 0.6) is 0 Å². The molecule has 3 N–H and O–H groups in total. The van der Waals surface area contributed by atoms with Crippen LogP contribution in [0.25, 0.3) is 0 Å². The zero-order valence-electron chi connectivity index (χ0n) is 10.4. The maximum Gasteiger partial charge on any atom is 0.227 e. The molecule has 0 rings (SSSR count). The number of carbonyl (C=O) groups excluding carboxylic acids is 1. The molecule has 0 aromatic rings. The fourth-order valence-electron chi connectivity index (χ4n) is 1.54. The van der Waals surface area contributed by atoms with Gasteiger partial charge in [-0.15, -0.1) is 6.58 Å². The molecule has 0 fully saturated rings. The summed E-state index contributed by atoms with van der Waals surface area (Å²) in [6.07, 6.45) is 3.46. The first-order valence-corrected chi connectivity index (χ1v) is 6.99. The number of nitrogens with two attached hydrogens (primary N) is 1. The number of hydrogen-bond acceptors (Lipinski definition) is 3. The van der Waals surface area contributed by atoms with Gasteiger partial charge in [-0.3, -0.25) is 4.79 Å². The molecule has 0 aliphatic rings. The van der Waals surface area contributed by atoms with Crippen LogP contribution in [0.15, 0.2) is 12.7 Å². The molecular formula is C12H24N2OS. The van der Waals surface area contributed by atoms with Crippen molar-refractivity contribution in [3.63, 3.8) is 0 Å². The Morgan fingerprint density at radius 3 is 2.56 bits per heavy atom. The minimum atomic E-state index is -0.372. The van der Waals surface area contributed by atoms with Gasteiger partial charge in [0, 0.05) is 24.6 Å². The van der Waals surface area contributed by atoms with E-state index in [0.29, 0.717) is 13.1 Å². The second kappa shape index (κ2) is 8.65. The van der Waals surface area contributed by atoms with Gasteiger partial charge in [-0.25, -0.2) is 0 Å². The van der Waals surface area contributed by atoms with Crippen molar-refractivity contribution in [2.45, 2.75) is 26.7 Å². The lowest BCUT2D eigenvalue weighted by atomic mass is 9.81. The van der Waals surface area contributed by atoms with Crippen LogP contribution in [0.4, 0.5) is 0 Å². The SMILES string of the molecule is C=CCSCCNC(=O)C(CC)(CC)CN. The minimum absolute atomic E-state index is 0.0965. The number of amides is 1. The quantitative estimate of drug-likeness (QED) is 0.480. The number of thioether (sulfide) groups is 1. The first kappa shape index (κ1) is 15.5. The molecule has 0 saturated heterocycles. The Hall–Kier alpha value is -0.480. The summed E-state index contributed by atoms with van der Waals surface area (Å²) in [7, 11) is 0. The summed E-state index contributed by atoms with van der Waals surface area (Å²) in [4.78, 5) is 12.0. The van der Waals surface area contributed by atoms with Crippen molar-refractivity contribution in [1.82, 2.24) is 5.32 Å². The van der Waals surface area contributed by atoms with Gasteiger partial charge >= 0.3 is 0 Å². The first-order valence-electron chi connectivity index (χ1n) is 5.83. The number of nitrogens with one attached hydrogen (secondary N) is 1. The lowest BCUT2D eigenvalue weighted by Gasteiger charge is -2.28.